The molecule has 3 atom stereocenters. The molecule has 1 aromatic carbocycles. The highest BCUT2D eigenvalue weighted by Gasteiger charge is 2.38. The van der Waals surface area contributed by atoms with Crippen molar-refractivity contribution >= 4 is 40.4 Å². The van der Waals surface area contributed by atoms with Crippen LogP contribution in [0.25, 0.3) is 10.9 Å². The van der Waals surface area contributed by atoms with E-state index in [1.54, 1.807) is 24.3 Å². The van der Waals surface area contributed by atoms with Gasteiger partial charge < -0.3 is 30.4 Å². The molecule has 3 amide bonds. The van der Waals surface area contributed by atoms with E-state index in [1.165, 1.54) is 7.11 Å². The molecule has 15 heteroatoms. The largest absolute Gasteiger partial charge is 0.496 e. The number of halogens is 3. The van der Waals surface area contributed by atoms with Crippen LogP contribution in [0.4, 0.5) is 13.2 Å². The number of piperidine rings is 1. The van der Waals surface area contributed by atoms with Crippen LogP contribution in [0.1, 0.15) is 66.1 Å². The van der Waals surface area contributed by atoms with Gasteiger partial charge in [-0.2, -0.15) is 13.2 Å². The molecule has 1 fully saturated rings. The molecule has 3 heterocycles. The van der Waals surface area contributed by atoms with Crippen LogP contribution >= 0.6 is 0 Å². The molecular weight excluding hydrogens is 623 g/mol. The van der Waals surface area contributed by atoms with Gasteiger partial charge in [0.15, 0.2) is 18.1 Å². The predicted octanol–water partition coefficient (Wildman–Crippen LogP) is 3.56. The lowest BCUT2D eigenvalue weighted by molar-refractivity contribution is -0.141. The summed E-state index contributed by atoms with van der Waals surface area (Å²) in [6, 6.07) is 6.35. The summed E-state index contributed by atoms with van der Waals surface area (Å²) < 4.78 is 50.4. The van der Waals surface area contributed by atoms with Crippen molar-refractivity contribution in [3.8, 4) is 5.75 Å². The number of rotatable bonds is 13. The first-order valence-electron chi connectivity index (χ1n) is 15.0. The zero-order valence-corrected chi connectivity index (χ0v) is 26.0. The summed E-state index contributed by atoms with van der Waals surface area (Å²) in [5, 5.41) is 8.65. The van der Waals surface area contributed by atoms with Crippen LogP contribution in [0.5, 0.6) is 5.75 Å². The first-order chi connectivity index (χ1) is 22.3. The lowest BCUT2D eigenvalue weighted by Crippen LogP contribution is -2.54. The summed E-state index contributed by atoms with van der Waals surface area (Å²) in [5.74, 6) is -4.12. The number of ether oxygens (including phenoxy) is 2. The van der Waals surface area contributed by atoms with Gasteiger partial charge in [-0.15, -0.1) is 0 Å². The number of methoxy groups -OCH3 is 1. The molecule has 4 rings (SSSR count). The van der Waals surface area contributed by atoms with Crippen LogP contribution in [0, 0.1) is 11.8 Å². The number of carbonyl (C=O) groups excluding carboxylic acids is 5. The average Bonchev–Trinajstić information content (AvgIpc) is 3.48. The van der Waals surface area contributed by atoms with E-state index in [2.05, 4.69) is 25.9 Å². The standard InChI is InChI=1S/C32H36F3N5O7/c1-17(2)13-23(40-30(44)24-15-20-21(38-24)9-4-10-26(20)46-3)29(43)39-22(14-18-7-5-12-37-28(18)42)25(41)16-47-31(45)19-8-6-11-36-27(19)32(33,34)35/h4,6,8-11,15,17-18,22-23,38H,5,7,12-14,16H2,1-3H3,(H,37,42)(H,39,43)(H,40,44)/t18-,22-,23-/m0/s1. The second-order valence-corrected chi connectivity index (χ2v) is 11.6. The Bertz CT molecular complexity index is 1640. The molecule has 0 unspecified atom stereocenters. The maximum Gasteiger partial charge on any atom is 0.434 e. The summed E-state index contributed by atoms with van der Waals surface area (Å²) in [5.41, 5.74) is -1.55. The zero-order valence-electron chi connectivity index (χ0n) is 26.0. The number of hydrogen-bond acceptors (Lipinski definition) is 8. The van der Waals surface area contributed by atoms with E-state index < -0.39 is 65.6 Å². The maximum atomic E-state index is 13.6. The van der Waals surface area contributed by atoms with Crippen molar-refractivity contribution in [3.05, 3.63) is 59.5 Å². The number of esters is 1. The number of alkyl halides is 3. The Kier molecular flexibility index (Phi) is 11.2. The molecule has 4 N–H and O–H groups in total. The van der Waals surface area contributed by atoms with Crippen LogP contribution < -0.4 is 20.7 Å². The first kappa shape index (κ1) is 34.9. The van der Waals surface area contributed by atoms with Gasteiger partial charge >= 0.3 is 12.1 Å². The van der Waals surface area contributed by atoms with Gasteiger partial charge in [-0.25, -0.2) is 4.79 Å². The SMILES string of the molecule is COc1cccc2[nH]c(C(=O)N[C@@H](CC(C)C)C(=O)N[C@@H](C[C@@H]3CCCNC3=O)C(=O)COC(=O)c3cccnc3C(F)(F)F)cc12. The Balaban J connectivity index is 1.52. The molecule has 3 aromatic rings. The number of Topliss-reactive ketones (excluding diaryl/α,β-unsaturated/α-hetero) is 1. The second kappa shape index (κ2) is 15.1. The average molecular weight is 660 g/mol. The Morgan fingerprint density at radius 2 is 1.85 bits per heavy atom. The second-order valence-electron chi connectivity index (χ2n) is 11.6. The van der Waals surface area contributed by atoms with Gasteiger partial charge in [0.05, 0.1) is 18.7 Å². The van der Waals surface area contributed by atoms with Gasteiger partial charge in [-0.05, 0) is 61.9 Å². The number of nitrogens with one attached hydrogen (secondary N) is 4. The minimum absolute atomic E-state index is 0.0737. The summed E-state index contributed by atoms with van der Waals surface area (Å²) in [4.78, 5) is 71.5. The van der Waals surface area contributed by atoms with E-state index in [0.717, 1.165) is 18.3 Å². The predicted molar refractivity (Wildman–Crippen MR) is 162 cm³/mol. The van der Waals surface area contributed by atoms with Gasteiger partial charge in [-0.1, -0.05) is 19.9 Å². The molecule has 1 aliphatic heterocycles. The van der Waals surface area contributed by atoms with E-state index in [4.69, 9.17) is 9.47 Å². The van der Waals surface area contributed by atoms with Crippen LogP contribution in [-0.2, 0) is 25.3 Å². The number of carbonyl (C=O) groups is 5. The van der Waals surface area contributed by atoms with Gasteiger partial charge in [0, 0.05) is 29.6 Å². The number of aromatic nitrogens is 2. The van der Waals surface area contributed by atoms with Gasteiger partial charge in [0.2, 0.25) is 11.8 Å². The number of fused-ring (bicyclic) bond motifs is 1. The van der Waals surface area contributed by atoms with Crippen molar-refractivity contribution in [1.82, 2.24) is 25.9 Å². The van der Waals surface area contributed by atoms with E-state index in [-0.39, 0.29) is 30.4 Å². The molecule has 12 nitrogen and oxygen atoms in total. The summed E-state index contributed by atoms with van der Waals surface area (Å²) in [7, 11) is 1.50. The third-order valence-electron chi connectivity index (χ3n) is 7.68. The molecule has 0 bridgehead atoms. The smallest absolute Gasteiger partial charge is 0.434 e. The highest BCUT2D eigenvalue weighted by atomic mass is 19.4. The van der Waals surface area contributed by atoms with Crippen LogP contribution in [0.3, 0.4) is 0 Å². The van der Waals surface area contributed by atoms with Crippen LogP contribution in [0.2, 0.25) is 0 Å². The molecule has 47 heavy (non-hydrogen) atoms. The number of hydrogen-bond donors (Lipinski definition) is 4. The minimum atomic E-state index is -4.95. The summed E-state index contributed by atoms with van der Waals surface area (Å²) >= 11 is 0. The molecule has 1 saturated heterocycles. The van der Waals surface area contributed by atoms with Crippen LogP contribution in [-0.4, -0.2) is 71.8 Å². The molecule has 0 spiro atoms. The highest BCUT2D eigenvalue weighted by molar-refractivity contribution is 6.02. The molecule has 252 valence electrons. The number of amides is 3. The third-order valence-corrected chi connectivity index (χ3v) is 7.68. The zero-order chi connectivity index (χ0) is 34.3. The summed E-state index contributed by atoms with van der Waals surface area (Å²) in [6.07, 6.45) is -3.00. The fourth-order valence-electron chi connectivity index (χ4n) is 5.37. The van der Waals surface area contributed by atoms with Crippen LogP contribution in [0.15, 0.2) is 42.6 Å². The van der Waals surface area contributed by atoms with Crippen molar-refractivity contribution in [2.75, 3.05) is 20.3 Å². The molecule has 0 radical (unpaired) electrons. The number of pyridine rings is 1. The Hall–Kier alpha value is -4.95. The monoisotopic (exact) mass is 659 g/mol. The third kappa shape index (κ3) is 8.86. The maximum absolute atomic E-state index is 13.6. The number of benzene rings is 1. The van der Waals surface area contributed by atoms with E-state index in [0.29, 0.717) is 36.0 Å². The van der Waals surface area contributed by atoms with E-state index in [1.807, 2.05) is 13.8 Å². The Morgan fingerprint density at radius 1 is 1.09 bits per heavy atom. The van der Waals surface area contributed by atoms with Crippen molar-refractivity contribution < 1.29 is 46.6 Å². The number of nitrogens with zero attached hydrogens (tertiary/aromatic N) is 1. The number of aromatic amines is 1. The molecule has 0 saturated carbocycles. The van der Waals surface area contributed by atoms with Gasteiger partial charge in [0.1, 0.15) is 17.5 Å². The minimum Gasteiger partial charge on any atom is -0.496 e. The highest BCUT2D eigenvalue weighted by Crippen LogP contribution is 2.30. The first-order valence-corrected chi connectivity index (χ1v) is 15.0. The van der Waals surface area contributed by atoms with Gasteiger partial charge in [0.25, 0.3) is 5.91 Å². The lowest BCUT2D eigenvalue weighted by atomic mass is 9.90. The molecule has 1 aliphatic rings. The Morgan fingerprint density at radius 3 is 2.53 bits per heavy atom. The number of ketones is 1. The molecule has 0 aliphatic carbocycles. The fraction of sp³-hybridized carbons (Fsp3) is 0.438. The molecule has 2 aromatic heterocycles. The van der Waals surface area contributed by atoms with Crippen molar-refractivity contribution in [3.63, 3.8) is 0 Å². The number of H-pyrrole nitrogens is 1. The summed E-state index contributed by atoms with van der Waals surface area (Å²) in [6.45, 7) is 3.14. The van der Waals surface area contributed by atoms with Gasteiger partial charge in [-0.3, -0.25) is 24.2 Å². The molecular formula is C32H36F3N5O7. The van der Waals surface area contributed by atoms with Crippen molar-refractivity contribution in [2.24, 2.45) is 11.8 Å². The Labute approximate surface area is 268 Å². The van der Waals surface area contributed by atoms with E-state index in [9.17, 15) is 37.1 Å². The van der Waals surface area contributed by atoms with Crippen molar-refractivity contribution in [2.45, 2.75) is 57.8 Å². The lowest BCUT2D eigenvalue weighted by Gasteiger charge is -2.28. The topological polar surface area (TPSA) is 169 Å². The fourth-order valence-corrected chi connectivity index (χ4v) is 5.37. The normalized spacial score (nSPS) is 16.2. The van der Waals surface area contributed by atoms with Crippen molar-refractivity contribution in [1.29, 1.82) is 0 Å². The van der Waals surface area contributed by atoms with E-state index >= 15 is 0 Å². The quantitative estimate of drug-likeness (QED) is 0.202.